The first kappa shape index (κ1) is 20.9. The van der Waals surface area contributed by atoms with E-state index in [4.69, 9.17) is 10.5 Å². The molecule has 0 unspecified atom stereocenters. The summed E-state index contributed by atoms with van der Waals surface area (Å²) in [4.78, 5) is 42.9. The summed E-state index contributed by atoms with van der Waals surface area (Å²) in [5.41, 5.74) is 6.77. The maximum Gasteiger partial charge on any atom is 0.341 e. The van der Waals surface area contributed by atoms with Gasteiger partial charge in [-0.15, -0.1) is 0 Å². The monoisotopic (exact) mass is 413 g/mol. The number of nitrogens with two attached hydrogens (primary N) is 1. The molecule has 7 nitrogen and oxygen atoms in total. The second-order valence-electron chi connectivity index (χ2n) is 6.90. The Hall–Kier alpha value is -2.87. The Morgan fingerprint density at radius 2 is 1.86 bits per heavy atom. The molecule has 1 saturated heterocycles. The second-order valence-corrected chi connectivity index (χ2v) is 7.97. The van der Waals surface area contributed by atoms with Crippen LogP contribution in [-0.2, 0) is 14.3 Å². The van der Waals surface area contributed by atoms with Crippen molar-refractivity contribution in [2.75, 3.05) is 19.7 Å². The zero-order valence-corrected chi connectivity index (χ0v) is 17.0. The van der Waals surface area contributed by atoms with Gasteiger partial charge in [0.1, 0.15) is 5.03 Å². The maximum atomic E-state index is 12.5. The topological polar surface area (TPSA) is 103 Å². The van der Waals surface area contributed by atoms with E-state index in [9.17, 15) is 14.4 Å². The molecule has 2 aromatic rings. The standard InChI is InChI=1S/C21H23N3O4S/c1-14-4-6-16(7-5-14)29-20-17(3-2-10-23-20)21(27)28-13-18(25)24-11-8-15(9-12-24)19(22)26/h2-7,10,15H,8-9,11-13H2,1H3,(H2,22,26). The lowest BCUT2D eigenvalue weighted by molar-refractivity contribution is -0.137. The largest absolute Gasteiger partial charge is 0.452 e. The van der Waals surface area contributed by atoms with Gasteiger partial charge in [-0.2, -0.15) is 0 Å². The van der Waals surface area contributed by atoms with Gasteiger partial charge in [0.15, 0.2) is 6.61 Å². The molecule has 0 aliphatic carbocycles. The first-order valence-corrected chi connectivity index (χ1v) is 10.2. The van der Waals surface area contributed by atoms with Gasteiger partial charge in [-0.1, -0.05) is 29.5 Å². The van der Waals surface area contributed by atoms with Crippen molar-refractivity contribution >= 4 is 29.5 Å². The zero-order chi connectivity index (χ0) is 20.8. The number of carbonyl (C=O) groups is 3. The van der Waals surface area contributed by atoms with Crippen molar-refractivity contribution in [1.82, 2.24) is 9.88 Å². The van der Waals surface area contributed by atoms with Gasteiger partial charge in [0.25, 0.3) is 5.91 Å². The van der Waals surface area contributed by atoms with E-state index in [0.717, 1.165) is 10.5 Å². The Labute approximate surface area is 173 Å². The molecule has 1 aliphatic rings. The van der Waals surface area contributed by atoms with Gasteiger partial charge in [-0.25, -0.2) is 9.78 Å². The molecule has 0 atom stereocenters. The van der Waals surface area contributed by atoms with Crippen LogP contribution in [0.2, 0.25) is 0 Å². The van der Waals surface area contributed by atoms with Gasteiger partial charge < -0.3 is 15.4 Å². The molecule has 2 amide bonds. The lowest BCUT2D eigenvalue weighted by atomic mass is 9.96. The summed E-state index contributed by atoms with van der Waals surface area (Å²) in [5.74, 6) is -1.40. The number of hydrogen-bond acceptors (Lipinski definition) is 6. The molecule has 0 saturated carbocycles. The molecule has 0 radical (unpaired) electrons. The van der Waals surface area contributed by atoms with Gasteiger partial charge >= 0.3 is 5.97 Å². The van der Waals surface area contributed by atoms with E-state index in [2.05, 4.69) is 4.98 Å². The summed E-state index contributed by atoms with van der Waals surface area (Å²) in [6.07, 6.45) is 2.69. The average Bonchev–Trinajstić information content (AvgIpc) is 2.74. The summed E-state index contributed by atoms with van der Waals surface area (Å²) < 4.78 is 5.24. The van der Waals surface area contributed by atoms with Crippen molar-refractivity contribution in [3.8, 4) is 0 Å². The molecular weight excluding hydrogens is 390 g/mol. The van der Waals surface area contributed by atoms with E-state index in [-0.39, 0.29) is 24.3 Å². The van der Waals surface area contributed by atoms with Crippen LogP contribution in [-0.4, -0.2) is 47.4 Å². The van der Waals surface area contributed by atoms with Crippen LogP contribution in [0.15, 0.2) is 52.5 Å². The Morgan fingerprint density at radius 3 is 2.52 bits per heavy atom. The van der Waals surface area contributed by atoms with E-state index in [1.165, 1.54) is 11.8 Å². The SMILES string of the molecule is Cc1ccc(Sc2ncccc2C(=O)OCC(=O)N2CCC(C(N)=O)CC2)cc1. The van der Waals surface area contributed by atoms with Crippen molar-refractivity contribution < 1.29 is 19.1 Å². The fraction of sp³-hybridized carbons (Fsp3) is 0.333. The molecular formula is C21H23N3O4S. The number of amides is 2. The third-order valence-corrected chi connectivity index (χ3v) is 5.83. The maximum absolute atomic E-state index is 12.5. The molecule has 1 aromatic carbocycles. The minimum absolute atomic E-state index is 0.196. The van der Waals surface area contributed by atoms with Crippen molar-refractivity contribution in [3.05, 3.63) is 53.7 Å². The molecule has 1 aromatic heterocycles. The van der Waals surface area contributed by atoms with Gasteiger partial charge in [-0.05, 0) is 44.0 Å². The van der Waals surface area contributed by atoms with Crippen molar-refractivity contribution in [2.45, 2.75) is 29.7 Å². The molecule has 1 fully saturated rings. The highest BCUT2D eigenvalue weighted by Gasteiger charge is 2.26. The van der Waals surface area contributed by atoms with Crippen LogP contribution < -0.4 is 5.73 Å². The van der Waals surface area contributed by atoms with E-state index in [1.54, 1.807) is 23.2 Å². The van der Waals surface area contributed by atoms with E-state index in [1.807, 2.05) is 31.2 Å². The number of rotatable bonds is 6. The fourth-order valence-corrected chi connectivity index (χ4v) is 3.93. The van der Waals surface area contributed by atoms with Crippen LogP contribution in [0, 0.1) is 12.8 Å². The summed E-state index contributed by atoms with van der Waals surface area (Å²) in [6.45, 7) is 2.53. The number of benzene rings is 1. The fourth-order valence-electron chi connectivity index (χ4n) is 3.06. The Morgan fingerprint density at radius 1 is 1.17 bits per heavy atom. The van der Waals surface area contributed by atoms with Crippen molar-refractivity contribution in [2.24, 2.45) is 11.7 Å². The number of pyridine rings is 1. The van der Waals surface area contributed by atoms with E-state index >= 15 is 0 Å². The molecule has 0 spiro atoms. The minimum Gasteiger partial charge on any atom is -0.452 e. The quantitative estimate of drug-likeness (QED) is 0.730. The highest BCUT2D eigenvalue weighted by Crippen LogP contribution is 2.29. The van der Waals surface area contributed by atoms with Crippen LogP contribution in [0.5, 0.6) is 0 Å². The Kier molecular flexibility index (Phi) is 6.87. The van der Waals surface area contributed by atoms with Crippen LogP contribution in [0.25, 0.3) is 0 Å². The average molecular weight is 413 g/mol. The summed E-state index contributed by atoms with van der Waals surface area (Å²) in [6, 6.07) is 11.2. The van der Waals surface area contributed by atoms with E-state index in [0.29, 0.717) is 36.5 Å². The number of aromatic nitrogens is 1. The molecule has 2 N–H and O–H groups in total. The predicted octanol–water partition coefficient (Wildman–Crippen LogP) is 2.42. The summed E-state index contributed by atoms with van der Waals surface area (Å²) in [7, 11) is 0. The van der Waals surface area contributed by atoms with Crippen molar-refractivity contribution in [3.63, 3.8) is 0 Å². The Bertz CT molecular complexity index is 893. The van der Waals surface area contributed by atoms with E-state index < -0.39 is 5.97 Å². The molecule has 29 heavy (non-hydrogen) atoms. The van der Waals surface area contributed by atoms with Crippen LogP contribution in [0.4, 0.5) is 0 Å². The smallest absolute Gasteiger partial charge is 0.341 e. The molecule has 152 valence electrons. The molecule has 8 heteroatoms. The third kappa shape index (κ3) is 5.57. The molecule has 1 aliphatic heterocycles. The molecule has 2 heterocycles. The number of hydrogen-bond donors (Lipinski definition) is 1. The number of nitrogens with zero attached hydrogens (tertiary/aromatic N) is 2. The number of carbonyl (C=O) groups excluding carboxylic acids is 3. The first-order valence-electron chi connectivity index (χ1n) is 9.38. The first-order chi connectivity index (χ1) is 13.9. The van der Waals surface area contributed by atoms with Crippen LogP contribution >= 0.6 is 11.8 Å². The Balaban J connectivity index is 1.58. The van der Waals surface area contributed by atoms with Crippen LogP contribution in [0.3, 0.4) is 0 Å². The number of piperidine rings is 1. The lowest BCUT2D eigenvalue weighted by Gasteiger charge is -2.30. The minimum atomic E-state index is -0.590. The number of esters is 1. The normalized spacial score (nSPS) is 14.4. The summed E-state index contributed by atoms with van der Waals surface area (Å²) in [5, 5.41) is 0.524. The highest BCUT2D eigenvalue weighted by atomic mass is 32.2. The third-order valence-electron chi connectivity index (χ3n) is 4.80. The molecule has 0 bridgehead atoms. The van der Waals surface area contributed by atoms with Gasteiger partial charge in [0.2, 0.25) is 5.91 Å². The van der Waals surface area contributed by atoms with Gasteiger partial charge in [-0.3, -0.25) is 9.59 Å². The van der Waals surface area contributed by atoms with Crippen molar-refractivity contribution in [1.29, 1.82) is 0 Å². The predicted molar refractivity (Wildman–Crippen MR) is 108 cm³/mol. The number of likely N-dealkylation sites (tertiary alicyclic amines) is 1. The van der Waals surface area contributed by atoms with Gasteiger partial charge in [0, 0.05) is 30.1 Å². The van der Waals surface area contributed by atoms with Gasteiger partial charge in [0.05, 0.1) is 5.56 Å². The highest BCUT2D eigenvalue weighted by molar-refractivity contribution is 7.99. The van der Waals surface area contributed by atoms with Crippen LogP contribution in [0.1, 0.15) is 28.8 Å². The summed E-state index contributed by atoms with van der Waals surface area (Å²) >= 11 is 1.37. The number of ether oxygens (including phenoxy) is 1. The number of primary amides is 1. The molecule has 3 rings (SSSR count). The zero-order valence-electron chi connectivity index (χ0n) is 16.2. The number of aryl methyl sites for hydroxylation is 1. The second kappa shape index (κ2) is 9.56. The lowest BCUT2D eigenvalue weighted by Crippen LogP contribution is -2.43.